The first kappa shape index (κ1) is 27.6. The van der Waals surface area contributed by atoms with Crippen LogP contribution in [-0.4, -0.2) is 27.4 Å². The molecule has 1 N–H and O–H groups in total. The number of thiophene rings is 1. The zero-order valence-corrected chi connectivity index (χ0v) is 24.0. The Morgan fingerprint density at radius 1 is 0.925 bits per heavy atom. The summed E-state index contributed by atoms with van der Waals surface area (Å²) >= 11 is 1.38. The summed E-state index contributed by atoms with van der Waals surface area (Å²) in [4.78, 5) is 27.7. The third-order valence-electron chi connectivity index (χ3n) is 6.98. The minimum atomic E-state index is -4.04. The number of aryl methyl sites for hydroxylation is 2. The zero-order valence-electron chi connectivity index (χ0n) is 22.3. The molecule has 1 heterocycles. The Bertz CT molecular complexity index is 1640. The van der Waals surface area contributed by atoms with E-state index in [2.05, 4.69) is 5.32 Å². The van der Waals surface area contributed by atoms with Crippen LogP contribution in [0.25, 0.3) is 0 Å². The van der Waals surface area contributed by atoms with Crippen LogP contribution in [0.3, 0.4) is 0 Å². The van der Waals surface area contributed by atoms with Gasteiger partial charge in [0.15, 0.2) is 0 Å². The molecule has 0 saturated heterocycles. The van der Waals surface area contributed by atoms with Gasteiger partial charge in [-0.25, -0.2) is 13.2 Å². The molecule has 1 aliphatic carbocycles. The first-order valence-corrected chi connectivity index (χ1v) is 15.3. The highest BCUT2D eigenvalue weighted by Crippen LogP contribution is 2.39. The number of fused-ring (bicyclic) bond motifs is 1. The number of benzene rings is 3. The van der Waals surface area contributed by atoms with Gasteiger partial charge in [0.25, 0.3) is 15.9 Å². The lowest BCUT2D eigenvalue weighted by molar-refractivity contribution is 0.0601. The fraction of sp³-hybridized carbons (Fsp3) is 0.226. The summed E-state index contributed by atoms with van der Waals surface area (Å²) in [6, 6.07) is 22.5. The minimum absolute atomic E-state index is 0.0298. The molecule has 9 heteroatoms. The Labute approximate surface area is 238 Å². The van der Waals surface area contributed by atoms with Gasteiger partial charge in [0.05, 0.1) is 35.4 Å². The van der Waals surface area contributed by atoms with Crippen LogP contribution >= 0.6 is 11.3 Å². The van der Waals surface area contributed by atoms with Crippen molar-refractivity contribution in [1.82, 2.24) is 0 Å². The van der Waals surface area contributed by atoms with Crippen molar-refractivity contribution in [2.45, 2.75) is 44.0 Å². The number of nitrogens with one attached hydrogen (secondary N) is 1. The Hall–Kier alpha value is -3.95. The van der Waals surface area contributed by atoms with Gasteiger partial charge in [-0.15, -0.1) is 11.3 Å². The van der Waals surface area contributed by atoms with E-state index >= 15 is 0 Å². The number of para-hydroxylation sites is 1. The van der Waals surface area contributed by atoms with E-state index in [1.165, 1.54) is 22.8 Å². The summed E-state index contributed by atoms with van der Waals surface area (Å²) in [5, 5.41) is 3.34. The number of hydrogen-bond donors (Lipinski definition) is 1. The highest BCUT2D eigenvalue weighted by Gasteiger charge is 2.31. The van der Waals surface area contributed by atoms with Gasteiger partial charge in [0, 0.05) is 4.88 Å². The molecule has 0 spiro atoms. The van der Waals surface area contributed by atoms with E-state index in [1.807, 2.05) is 37.3 Å². The van der Waals surface area contributed by atoms with Gasteiger partial charge in [-0.1, -0.05) is 60.2 Å². The number of sulfonamides is 1. The van der Waals surface area contributed by atoms with Crippen LogP contribution in [0.15, 0.2) is 83.8 Å². The first-order chi connectivity index (χ1) is 19.3. The lowest BCUT2D eigenvalue weighted by Crippen LogP contribution is -2.32. The molecular weight excluding hydrogens is 544 g/mol. The van der Waals surface area contributed by atoms with Gasteiger partial charge in [-0.2, -0.15) is 0 Å². The van der Waals surface area contributed by atoms with E-state index in [1.54, 1.807) is 48.5 Å². The number of carbonyl (C=O) groups excluding carboxylic acids is 2. The monoisotopic (exact) mass is 574 g/mol. The molecular formula is C31H30N2O5S2. The molecule has 1 aromatic heterocycles. The van der Waals surface area contributed by atoms with Crippen molar-refractivity contribution < 1.29 is 22.7 Å². The van der Waals surface area contributed by atoms with Gasteiger partial charge in [-0.05, 0) is 68.0 Å². The van der Waals surface area contributed by atoms with Gasteiger partial charge < -0.3 is 10.1 Å². The molecule has 0 unspecified atom stereocenters. The van der Waals surface area contributed by atoms with Crippen LogP contribution in [0, 0.1) is 6.92 Å². The second-order valence-corrected chi connectivity index (χ2v) is 12.7. The Morgan fingerprint density at radius 2 is 1.60 bits per heavy atom. The summed E-state index contributed by atoms with van der Waals surface area (Å²) < 4.78 is 34.4. The lowest BCUT2D eigenvalue weighted by Gasteiger charge is -2.26. The van der Waals surface area contributed by atoms with Crippen molar-refractivity contribution in [3.63, 3.8) is 0 Å². The number of esters is 1. The maximum absolute atomic E-state index is 14.0. The highest BCUT2D eigenvalue weighted by molar-refractivity contribution is 7.92. The summed E-state index contributed by atoms with van der Waals surface area (Å²) in [6.07, 6.45) is 3.59. The number of methoxy groups -OCH3 is 1. The van der Waals surface area contributed by atoms with Crippen LogP contribution in [0.5, 0.6) is 0 Å². The van der Waals surface area contributed by atoms with Gasteiger partial charge in [-0.3, -0.25) is 9.10 Å². The van der Waals surface area contributed by atoms with Crippen LogP contribution < -0.4 is 9.62 Å². The number of ether oxygens (including phenoxy) is 1. The molecule has 0 bridgehead atoms. The van der Waals surface area contributed by atoms with Gasteiger partial charge in [0.2, 0.25) is 0 Å². The first-order valence-electron chi connectivity index (χ1n) is 13.1. The minimum Gasteiger partial charge on any atom is -0.465 e. The van der Waals surface area contributed by atoms with Crippen molar-refractivity contribution in [3.8, 4) is 0 Å². The van der Waals surface area contributed by atoms with E-state index in [9.17, 15) is 18.0 Å². The van der Waals surface area contributed by atoms with Crippen molar-refractivity contribution in [3.05, 3.63) is 112 Å². The normalized spacial score (nSPS) is 12.8. The van der Waals surface area contributed by atoms with E-state index in [4.69, 9.17) is 4.74 Å². The topological polar surface area (TPSA) is 92.8 Å². The number of anilines is 2. The second kappa shape index (κ2) is 11.7. The van der Waals surface area contributed by atoms with Gasteiger partial charge in [0.1, 0.15) is 5.00 Å². The molecule has 0 fully saturated rings. The molecule has 5 rings (SSSR count). The van der Waals surface area contributed by atoms with Crippen LogP contribution in [0.4, 0.5) is 10.7 Å². The third-order valence-corrected chi connectivity index (χ3v) is 9.96. The van der Waals surface area contributed by atoms with Crippen LogP contribution in [0.1, 0.15) is 55.1 Å². The molecule has 40 heavy (non-hydrogen) atoms. The van der Waals surface area contributed by atoms with E-state index in [0.29, 0.717) is 10.6 Å². The fourth-order valence-corrected chi connectivity index (χ4v) is 7.66. The molecule has 0 saturated carbocycles. The standard InChI is InChI=1S/C31H30N2O5S2/c1-21-16-18-23(19-17-21)40(36,37)33(20-22-10-4-3-5-11-22)26-14-8-6-12-24(26)29(34)32-30-28(31(35)38-2)25-13-7-9-15-27(25)39-30/h3-6,8,10-12,14,16-19H,7,9,13,15,20H2,1-2H3,(H,32,34). The Kier molecular flexibility index (Phi) is 8.04. The van der Waals surface area contributed by atoms with E-state index in [0.717, 1.165) is 47.3 Å². The van der Waals surface area contributed by atoms with Crippen molar-refractivity contribution in [2.24, 2.45) is 0 Å². The van der Waals surface area contributed by atoms with E-state index in [-0.39, 0.29) is 22.7 Å². The number of rotatable bonds is 8. The molecule has 7 nitrogen and oxygen atoms in total. The fourth-order valence-electron chi connectivity index (χ4n) is 4.91. The number of hydrogen-bond acceptors (Lipinski definition) is 6. The van der Waals surface area contributed by atoms with Gasteiger partial charge >= 0.3 is 5.97 Å². The third kappa shape index (κ3) is 5.52. The number of amides is 1. The quantitative estimate of drug-likeness (QED) is 0.247. The molecule has 4 aromatic rings. The molecule has 1 amide bonds. The Morgan fingerprint density at radius 3 is 2.33 bits per heavy atom. The predicted octanol–water partition coefficient (Wildman–Crippen LogP) is 6.37. The molecule has 206 valence electrons. The van der Waals surface area contributed by atoms with Crippen molar-refractivity contribution in [1.29, 1.82) is 0 Å². The number of carbonyl (C=O) groups is 2. The van der Waals surface area contributed by atoms with Crippen molar-refractivity contribution >= 4 is 43.9 Å². The SMILES string of the molecule is COC(=O)c1c(NC(=O)c2ccccc2N(Cc2ccccc2)S(=O)(=O)c2ccc(C)cc2)sc2c1CCCC2. The molecule has 1 aliphatic rings. The summed E-state index contributed by atoms with van der Waals surface area (Å²) in [5.41, 5.74) is 3.45. The maximum atomic E-state index is 14.0. The zero-order chi connectivity index (χ0) is 28.3. The van der Waals surface area contributed by atoms with Crippen LogP contribution in [0.2, 0.25) is 0 Å². The lowest BCUT2D eigenvalue weighted by atomic mass is 9.95. The average molecular weight is 575 g/mol. The van der Waals surface area contributed by atoms with Crippen LogP contribution in [-0.2, 0) is 34.1 Å². The molecule has 0 radical (unpaired) electrons. The van der Waals surface area contributed by atoms with E-state index < -0.39 is 21.9 Å². The Balaban J connectivity index is 1.57. The smallest absolute Gasteiger partial charge is 0.341 e. The molecule has 0 aliphatic heterocycles. The summed E-state index contributed by atoms with van der Waals surface area (Å²) in [7, 11) is -2.72. The largest absolute Gasteiger partial charge is 0.465 e. The highest BCUT2D eigenvalue weighted by atomic mass is 32.2. The predicted molar refractivity (Wildman–Crippen MR) is 158 cm³/mol. The average Bonchev–Trinajstić information content (AvgIpc) is 3.34. The van der Waals surface area contributed by atoms with Crippen molar-refractivity contribution in [2.75, 3.05) is 16.7 Å². The number of nitrogens with zero attached hydrogens (tertiary/aromatic N) is 1. The summed E-state index contributed by atoms with van der Waals surface area (Å²) in [6.45, 7) is 1.92. The summed E-state index contributed by atoms with van der Waals surface area (Å²) in [5.74, 6) is -0.993. The second-order valence-electron chi connectivity index (χ2n) is 9.69. The molecule has 0 atom stereocenters. The maximum Gasteiger partial charge on any atom is 0.341 e. The molecule has 3 aromatic carbocycles.